The Morgan fingerprint density at radius 1 is 0.667 bits per heavy atom. The van der Waals surface area contributed by atoms with E-state index in [1.165, 1.54) is 33.2 Å². The minimum atomic E-state index is 0.951. The molecule has 0 aliphatic heterocycles. The van der Waals surface area contributed by atoms with Gasteiger partial charge in [-0.25, -0.2) is 4.42 Å². The molecule has 0 N–H and O–H groups in total. The normalized spacial score (nSPS) is 12.7. The SMILES string of the molecule is c1ccc(-c2c3c([o+]c4ccccc24)-c2ccccc2CC3)cc1. The van der Waals surface area contributed by atoms with Gasteiger partial charge in [0.1, 0.15) is 0 Å². The van der Waals surface area contributed by atoms with Crippen LogP contribution in [0.4, 0.5) is 0 Å². The highest BCUT2D eigenvalue weighted by atomic mass is 16.3. The van der Waals surface area contributed by atoms with Gasteiger partial charge in [-0.1, -0.05) is 60.7 Å². The molecule has 1 aliphatic rings. The van der Waals surface area contributed by atoms with Crippen molar-refractivity contribution in [3.8, 4) is 22.5 Å². The maximum absolute atomic E-state index is 6.37. The highest BCUT2D eigenvalue weighted by Gasteiger charge is 2.31. The lowest BCUT2D eigenvalue weighted by Gasteiger charge is -2.16. The summed E-state index contributed by atoms with van der Waals surface area (Å²) in [6.45, 7) is 0. The number of aryl methyl sites for hydroxylation is 1. The monoisotopic (exact) mass is 309 g/mol. The summed E-state index contributed by atoms with van der Waals surface area (Å²) in [5.74, 6) is 1.04. The third-order valence-electron chi connectivity index (χ3n) is 4.91. The summed E-state index contributed by atoms with van der Waals surface area (Å²) in [7, 11) is 0. The number of benzene rings is 3. The number of para-hydroxylation sites is 1. The zero-order chi connectivity index (χ0) is 15.9. The molecule has 0 saturated carbocycles. The lowest BCUT2D eigenvalue weighted by Crippen LogP contribution is -2.06. The van der Waals surface area contributed by atoms with E-state index in [0.717, 1.165) is 24.2 Å². The molecule has 114 valence electrons. The molecule has 3 aromatic carbocycles. The predicted molar refractivity (Wildman–Crippen MR) is 98.9 cm³/mol. The van der Waals surface area contributed by atoms with Gasteiger partial charge in [-0.3, -0.25) is 0 Å². The molecule has 0 fully saturated rings. The molecule has 5 rings (SSSR count). The van der Waals surface area contributed by atoms with Gasteiger partial charge in [-0.15, -0.1) is 0 Å². The maximum Gasteiger partial charge on any atom is 0.364 e. The molecule has 0 spiro atoms. The first-order valence-electron chi connectivity index (χ1n) is 8.43. The largest absolute Gasteiger partial charge is 0.364 e. The van der Waals surface area contributed by atoms with Gasteiger partial charge >= 0.3 is 11.3 Å². The fraction of sp³-hybridized carbons (Fsp3) is 0.0870. The average molecular weight is 309 g/mol. The lowest BCUT2D eigenvalue weighted by atomic mass is 9.84. The van der Waals surface area contributed by atoms with E-state index in [-0.39, 0.29) is 0 Å². The average Bonchev–Trinajstić information content (AvgIpc) is 2.67. The second-order valence-corrected chi connectivity index (χ2v) is 6.30. The summed E-state index contributed by atoms with van der Waals surface area (Å²) in [4.78, 5) is 0. The number of rotatable bonds is 1. The van der Waals surface area contributed by atoms with Crippen molar-refractivity contribution in [2.45, 2.75) is 12.8 Å². The Labute approximate surface area is 141 Å². The van der Waals surface area contributed by atoms with Gasteiger partial charge < -0.3 is 0 Å². The van der Waals surface area contributed by atoms with E-state index < -0.39 is 0 Å². The standard InChI is InChI=1S/C23H17O/c1-2-9-17(10-3-1)22-19-12-6-7-13-21(19)24-23-18-11-5-4-8-16(18)14-15-20(22)23/h1-13H,14-15H2/q+1. The lowest BCUT2D eigenvalue weighted by molar-refractivity contribution is 0.605. The molecule has 1 aliphatic carbocycles. The van der Waals surface area contributed by atoms with Crippen molar-refractivity contribution in [2.75, 3.05) is 0 Å². The number of fused-ring (bicyclic) bond motifs is 4. The summed E-state index contributed by atoms with van der Waals surface area (Å²) < 4.78 is 6.37. The van der Waals surface area contributed by atoms with Crippen molar-refractivity contribution in [1.29, 1.82) is 0 Å². The third-order valence-corrected chi connectivity index (χ3v) is 4.91. The van der Waals surface area contributed by atoms with E-state index in [9.17, 15) is 0 Å². The molecule has 1 heterocycles. The van der Waals surface area contributed by atoms with E-state index in [0.29, 0.717) is 0 Å². The van der Waals surface area contributed by atoms with E-state index in [1.54, 1.807) is 0 Å². The van der Waals surface area contributed by atoms with E-state index in [4.69, 9.17) is 4.42 Å². The summed E-state index contributed by atoms with van der Waals surface area (Å²) in [5, 5.41) is 1.20. The van der Waals surface area contributed by atoms with Crippen LogP contribution in [0.25, 0.3) is 33.4 Å². The summed E-state index contributed by atoms with van der Waals surface area (Å²) in [6.07, 6.45) is 2.09. The Morgan fingerprint density at radius 2 is 1.42 bits per heavy atom. The minimum absolute atomic E-state index is 0.951. The molecule has 0 unspecified atom stereocenters. The zero-order valence-corrected chi connectivity index (χ0v) is 13.3. The Balaban J connectivity index is 1.92. The van der Waals surface area contributed by atoms with Gasteiger partial charge in [0, 0.05) is 11.6 Å². The van der Waals surface area contributed by atoms with Crippen LogP contribution in [0.3, 0.4) is 0 Å². The van der Waals surface area contributed by atoms with Gasteiger partial charge in [0.2, 0.25) is 0 Å². The fourth-order valence-electron chi connectivity index (χ4n) is 3.82. The predicted octanol–water partition coefficient (Wildman–Crippen LogP) is 6.15. The van der Waals surface area contributed by atoms with Crippen LogP contribution in [0.1, 0.15) is 11.1 Å². The van der Waals surface area contributed by atoms with E-state index in [1.807, 2.05) is 6.07 Å². The smallest absolute Gasteiger partial charge is 0.206 e. The molecular formula is C23H17O+. The van der Waals surface area contributed by atoms with Crippen LogP contribution in [0.15, 0.2) is 83.3 Å². The molecule has 4 aromatic rings. The molecule has 0 radical (unpaired) electrons. The van der Waals surface area contributed by atoms with Crippen LogP contribution in [0, 0.1) is 0 Å². The molecule has 1 aromatic heterocycles. The van der Waals surface area contributed by atoms with Gasteiger partial charge in [0.25, 0.3) is 0 Å². The maximum atomic E-state index is 6.37. The highest BCUT2D eigenvalue weighted by molar-refractivity contribution is 5.98. The first-order chi connectivity index (χ1) is 11.9. The van der Waals surface area contributed by atoms with Crippen LogP contribution in [0.5, 0.6) is 0 Å². The summed E-state index contributed by atoms with van der Waals surface area (Å²) in [5.41, 5.74) is 7.48. The van der Waals surface area contributed by atoms with Gasteiger partial charge in [0.05, 0.1) is 16.5 Å². The second-order valence-electron chi connectivity index (χ2n) is 6.30. The van der Waals surface area contributed by atoms with E-state index >= 15 is 0 Å². The van der Waals surface area contributed by atoms with Crippen molar-refractivity contribution < 1.29 is 4.42 Å². The van der Waals surface area contributed by atoms with E-state index in [2.05, 4.69) is 72.8 Å². The molecule has 24 heavy (non-hydrogen) atoms. The van der Waals surface area contributed by atoms with Gasteiger partial charge in [-0.05, 0) is 36.1 Å². The molecule has 0 atom stereocenters. The number of hydrogen-bond donors (Lipinski definition) is 0. The van der Waals surface area contributed by atoms with Crippen molar-refractivity contribution in [3.63, 3.8) is 0 Å². The Bertz CT molecular complexity index is 1050. The van der Waals surface area contributed by atoms with Crippen LogP contribution < -0.4 is 0 Å². The first-order valence-corrected chi connectivity index (χ1v) is 8.43. The highest BCUT2D eigenvalue weighted by Crippen LogP contribution is 2.42. The van der Waals surface area contributed by atoms with Crippen molar-refractivity contribution in [2.24, 2.45) is 0 Å². The number of hydrogen-bond acceptors (Lipinski definition) is 0. The molecule has 0 amide bonds. The van der Waals surface area contributed by atoms with Gasteiger partial charge in [-0.2, -0.15) is 0 Å². The van der Waals surface area contributed by atoms with Crippen molar-refractivity contribution in [1.82, 2.24) is 0 Å². The zero-order valence-electron chi connectivity index (χ0n) is 13.3. The fourth-order valence-corrected chi connectivity index (χ4v) is 3.82. The first kappa shape index (κ1) is 13.5. The Hall–Kier alpha value is -2.93. The van der Waals surface area contributed by atoms with Crippen LogP contribution in [0.2, 0.25) is 0 Å². The second kappa shape index (κ2) is 5.31. The molecule has 0 saturated heterocycles. The third kappa shape index (κ3) is 1.98. The molecular weight excluding hydrogens is 292 g/mol. The van der Waals surface area contributed by atoms with Crippen LogP contribution in [-0.4, -0.2) is 0 Å². The molecule has 1 heteroatoms. The summed E-state index contributed by atoms with van der Waals surface area (Å²) in [6, 6.07) is 27.7. The minimum Gasteiger partial charge on any atom is -0.206 e. The van der Waals surface area contributed by atoms with Crippen molar-refractivity contribution >= 4 is 11.0 Å². The van der Waals surface area contributed by atoms with Crippen molar-refractivity contribution in [3.05, 3.63) is 90.0 Å². The molecule has 0 bridgehead atoms. The Kier molecular flexibility index (Phi) is 2.99. The quantitative estimate of drug-likeness (QED) is 0.384. The molecule has 1 nitrogen and oxygen atoms in total. The van der Waals surface area contributed by atoms with Crippen LogP contribution >= 0.6 is 0 Å². The summed E-state index contributed by atoms with van der Waals surface area (Å²) >= 11 is 0. The Morgan fingerprint density at radius 3 is 2.33 bits per heavy atom. The van der Waals surface area contributed by atoms with Crippen LogP contribution in [-0.2, 0) is 12.8 Å². The van der Waals surface area contributed by atoms with Gasteiger partial charge in [0.15, 0.2) is 0 Å². The topological polar surface area (TPSA) is 11.3 Å².